The molecule has 0 saturated heterocycles. The fourth-order valence-electron chi connectivity index (χ4n) is 5.72. The Kier molecular flexibility index (Phi) is 8.84. The highest BCUT2D eigenvalue weighted by atomic mass is 28.4. The van der Waals surface area contributed by atoms with Crippen molar-refractivity contribution >= 4 is 54.5 Å². The molecule has 0 saturated carbocycles. The number of hydrogen-bond acceptors (Lipinski definition) is 0. The van der Waals surface area contributed by atoms with E-state index >= 15 is 0 Å². The summed E-state index contributed by atoms with van der Waals surface area (Å²) < 4.78 is 2.24. The van der Waals surface area contributed by atoms with Crippen LogP contribution in [0.15, 0.2) is 10.6 Å². The van der Waals surface area contributed by atoms with E-state index in [-0.39, 0.29) is 0 Å². The van der Waals surface area contributed by atoms with E-state index in [9.17, 15) is 0 Å². The van der Waals surface area contributed by atoms with Crippen molar-refractivity contribution < 1.29 is 0 Å². The van der Waals surface area contributed by atoms with Crippen LogP contribution in [-0.2, 0) is 0 Å². The number of rotatable bonds is 8. The fraction of sp³-hybridized carbons (Fsp3) is 0.895. The Hall–Kier alpha value is 1.36. The lowest BCUT2D eigenvalue weighted by molar-refractivity contribution is 1.31. The van der Waals surface area contributed by atoms with Gasteiger partial charge in [0.25, 0.3) is 14.1 Å². The van der Waals surface area contributed by atoms with Crippen LogP contribution in [0.1, 0.15) is 0 Å². The number of hydrogen-bond donors (Lipinski definition) is 0. The molecule has 0 atom stereocenters. The van der Waals surface area contributed by atoms with Gasteiger partial charge in [-0.05, 0) is 0 Å². The van der Waals surface area contributed by atoms with Crippen molar-refractivity contribution in [1.29, 1.82) is 0 Å². The summed E-state index contributed by atoms with van der Waals surface area (Å²) in [6.45, 7) is 39.8. The van der Waals surface area contributed by atoms with E-state index in [2.05, 4.69) is 109 Å². The van der Waals surface area contributed by atoms with Crippen LogP contribution >= 0.6 is 0 Å². The molecule has 0 radical (unpaired) electrons. The molecule has 0 nitrogen and oxygen atoms in total. The van der Waals surface area contributed by atoms with Gasteiger partial charge in [-0.1, -0.05) is 106 Å². The van der Waals surface area contributed by atoms with Gasteiger partial charge in [-0.25, -0.2) is 0 Å². The molecular weight excluding hydrogens is 396 g/mol. The lowest BCUT2D eigenvalue weighted by Crippen LogP contribution is -2.60. The third-order valence-electron chi connectivity index (χ3n) is 5.32. The van der Waals surface area contributed by atoms with E-state index in [1.54, 1.807) is 0 Å². The van der Waals surface area contributed by atoms with Gasteiger partial charge in [-0.15, -0.1) is 5.70 Å². The first-order valence-corrected chi connectivity index (χ1v) is 30.2. The molecule has 0 aromatic heterocycles. The SMILES string of the molecule is C[Si](C)(C)/C=[CH]/[Al]([CH]([Si](C)(C)C)[Si](C)(C)C)[CH]([Si](C)(C)C)[Si](C)(C)C. The molecule has 0 bridgehead atoms. The smallest absolute Gasteiger partial charge is 0.152 e. The molecule has 0 aromatic carbocycles. The van der Waals surface area contributed by atoms with Gasteiger partial charge in [0.2, 0.25) is 0 Å². The molecule has 0 rings (SSSR count). The first-order chi connectivity index (χ1) is 10.6. The fourth-order valence-corrected chi connectivity index (χ4v) is 55.0. The van der Waals surface area contributed by atoms with Crippen LogP contribution in [0.4, 0.5) is 0 Å². The maximum atomic E-state index is 2.93. The summed E-state index contributed by atoms with van der Waals surface area (Å²) in [6.07, 6.45) is 0. The maximum Gasteiger partial charge on any atom is 0.289 e. The summed E-state index contributed by atoms with van der Waals surface area (Å²) in [5.41, 5.74) is 2.75. The summed E-state index contributed by atoms with van der Waals surface area (Å²) in [6, 6.07) is 0. The van der Waals surface area contributed by atoms with Gasteiger partial charge in [0, 0.05) is 32.3 Å². The topological polar surface area (TPSA) is 0 Å². The van der Waals surface area contributed by atoms with E-state index in [1.807, 2.05) is 0 Å². The van der Waals surface area contributed by atoms with Gasteiger partial charge in [-0.3, -0.25) is 0 Å². The molecule has 0 spiro atoms. The minimum Gasteiger partial charge on any atom is -0.152 e. The van der Waals surface area contributed by atoms with Crippen molar-refractivity contribution in [3.63, 3.8) is 0 Å². The Labute approximate surface area is 170 Å². The summed E-state index contributed by atoms with van der Waals surface area (Å²) >= 11 is -0.962. The molecule has 0 aliphatic heterocycles. The van der Waals surface area contributed by atoms with Crippen LogP contribution in [0.3, 0.4) is 0 Å². The zero-order chi connectivity index (χ0) is 20.6. The summed E-state index contributed by atoms with van der Waals surface area (Å²) in [4.78, 5) is 2.93. The highest BCUT2D eigenvalue weighted by molar-refractivity contribution is 7.18. The van der Waals surface area contributed by atoms with Crippen molar-refractivity contribution in [3.05, 3.63) is 10.6 Å². The average molecular weight is 445 g/mol. The van der Waals surface area contributed by atoms with E-state index in [4.69, 9.17) is 0 Å². The normalized spacial score (nSPS) is 15.6. The minimum atomic E-state index is -1.17. The molecule has 0 unspecified atom stereocenters. The molecule has 25 heavy (non-hydrogen) atoms. The first kappa shape index (κ1) is 26.4. The minimum absolute atomic E-state index is 0.962. The standard InChI is InChI=1S/2C7H19Si2.C5H11Si.Al/c2*1-8(2,3)7-9(4,5)6;1-5-6(2,3)4;/h2*7H,1-6H3;1,5H,2-4H3;. The lowest BCUT2D eigenvalue weighted by atomic mass is 11.2. The molecule has 0 fully saturated rings. The van der Waals surface area contributed by atoms with E-state index in [0.717, 1.165) is 8.05 Å². The van der Waals surface area contributed by atoms with Gasteiger partial charge >= 0.3 is 0 Å². The largest absolute Gasteiger partial charge is 0.289 e. The molecule has 0 aliphatic carbocycles. The molecule has 0 N–H and O–H groups in total. The second-order valence-electron chi connectivity index (χ2n) is 13.7. The summed E-state index contributed by atoms with van der Waals surface area (Å²) in [7, 11) is -5.81. The van der Waals surface area contributed by atoms with Crippen LogP contribution in [0.2, 0.25) is 106 Å². The van der Waals surface area contributed by atoms with E-state index in [0.29, 0.717) is 0 Å². The van der Waals surface area contributed by atoms with E-state index in [1.165, 1.54) is 0 Å². The van der Waals surface area contributed by atoms with E-state index < -0.39 is 54.5 Å². The molecule has 0 aromatic rings. The van der Waals surface area contributed by atoms with Crippen LogP contribution in [0, 0.1) is 0 Å². The molecule has 6 heteroatoms. The van der Waals surface area contributed by atoms with Crippen LogP contribution in [0.5, 0.6) is 0 Å². The van der Waals surface area contributed by atoms with Crippen LogP contribution < -0.4 is 0 Å². The predicted octanol–water partition coefficient (Wildman–Crippen LogP) is 7.70. The van der Waals surface area contributed by atoms with Gasteiger partial charge in [-0.2, -0.15) is 4.94 Å². The van der Waals surface area contributed by atoms with Gasteiger partial charge in [0.1, 0.15) is 0 Å². The van der Waals surface area contributed by atoms with Crippen molar-refractivity contribution in [2.75, 3.05) is 0 Å². The average Bonchev–Trinajstić information content (AvgIpc) is 2.15. The van der Waals surface area contributed by atoms with Crippen molar-refractivity contribution in [3.8, 4) is 0 Å². The quantitative estimate of drug-likeness (QED) is 0.336. The molecule has 0 aliphatic rings. The Bertz CT molecular complexity index is 393. The predicted molar refractivity (Wildman–Crippen MR) is 139 cm³/mol. The Balaban J connectivity index is 6.57. The lowest BCUT2D eigenvalue weighted by Gasteiger charge is -2.50. The van der Waals surface area contributed by atoms with Gasteiger partial charge in [0.15, 0.2) is 0 Å². The van der Waals surface area contributed by atoms with Gasteiger partial charge in [0.05, 0.1) is 8.07 Å². The molecule has 0 amide bonds. The Morgan fingerprint density at radius 3 is 0.880 bits per heavy atom. The second kappa shape index (κ2) is 8.38. The van der Waals surface area contributed by atoms with Gasteiger partial charge < -0.3 is 0 Å². The van der Waals surface area contributed by atoms with Crippen molar-refractivity contribution in [2.45, 2.75) is 106 Å². The Morgan fingerprint density at radius 1 is 0.480 bits per heavy atom. The van der Waals surface area contributed by atoms with Crippen molar-refractivity contribution in [1.82, 2.24) is 0 Å². The monoisotopic (exact) mass is 444 g/mol. The summed E-state index contributed by atoms with van der Waals surface area (Å²) in [5, 5.41) is 0. The Morgan fingerprint density at radius 2 is 0.720 bits per heavy atom. The third kappa shape index (κ3) is 8.93. The molecule has 148 valence electrons. The van der Waals surface area contributed by atoms with Crippen LogP contribution in [-0.4, -0.2) is 54.5 Å². The molecule has 0 heterocycles. The highest BCUT2D eigenvalue weighted by Crippen LogP contribution is 2.45. The third-order valence-corrected chi connectivity index (χ3v) is 43.5. The highest BCUT2D eigenvalue weighted by Gasteiger charge is 2.53. The summed E-state index contributed by atoms with van der Waals surface area (Å²) in [5.74, 6) is 0. The molecular formula is C19H49AlSi5. The zero-order valence-corrected chi connectivity index (χ0v) is 26.5. The van der Waals surface area contributed by atoms with Crippen LogP contribution in [0.25, 0.3) is 0 Å². The zero-order valence-electron chi connectivity index (χ0n) is 20.4. The maximum absolute atomic E-state index is 2.93. The first-order valence-electron chi connectivity index (χ1n) is 10.3. The second-order valence-corrected chi connectivity index (χ2v) is 46.9. The van der Waals surface area contributed by atoms with Crippen molar-refractivity contribution in [2.24, 2.45) is 0 Å².